The lowest BCUT2D eigenvalue weighted by Gasteiger charge is -2.12. The van der Waals surface area contributed by atoms with Crippen LogP contribution in [0.3, 0.4) is 0 Å². The van der Waals surface area contributed by atoms with Gasteiger partial charge in [0.25, 0.3) is 11.6 Å². The second-order valence-electron chi connectivity index (χ2n) is 5.85. The van der Waals surface area contributed by atoms with Gasteiger partial charge in [0.05, 0.1) is 4.92 Å². The maximum absolute atomic E-state index is 12.4. The minimum absolute atomic E-state index is 0.0169. The number of benzene rings is 3. The summed E-state index contributed by atoms with van der Waals surface area (Å²) in [5.74, 6) is -0.357. The Labute approximate surface area is 165 Å². The van der Waals surface area contributed by atoms with Crippen molar-refractivity contribution in [2.24, 2.45) is 0 Å². The molecule has 0 bridgehead atoms. The summed E-state index contributed by atoms with van der Waals surface area (Å²) in [7, 11) is 0. The van der Waals surface area contributed by atoms with Crippen molar-refractivity contribution in [3.8, 4) is 0 Å². The first-order chi connectivity index (χ1) is 12.8. The number of thiocarbonyl (C=S) groups is 1. The van der Waals surface area contributed by atoms with Crippen LogP contribution in [0.25, 0.3) is 10.8 Å². The fourth-order valence-corrected chi connectivity index (χ4v) is 3.04. The van der Waals surface area contributed by atoms with E-state index in [0.717, 1.165) is 10.8 Å². The van der Waals surface area contributed by atoms with Crippen molar-refractivity contribution in [3.05, 3.63) is 80.9 Å². The van der Waals surface area contributed by atoms with Gasteiger partial charge in [0.1, 0.15) is 5.02 Å². The number of aryl methyl sites for hydroxylation is 1. The van der Waals surface area contributed by atoms with E-state index in [1.54, 1.807) is 19.1 Å². The van der Waals surface area contributed by atoms with Crippen molar-refractivity contribution < 1.29 is 9.72 Å². The van der Waals surface area contributed by atoms with Gasteiger partial charge in [0.2, 0.25) is 0 Å². The Morgan fingerprint density at radius 3 is 2.52 bits per heavy atom. The predicted molar refractivity (Wildman–Crippen MR) is 110 cm³/mol. The molecule has 0 saturated carbocycles. The highest BCUT2D eigenvalue weighted by Crippen LogP contribution is 2.30. The Hall–Kier alpha value is -3.03. The normalized spacial score (nSPS) is 10.4. The fraction of sp³-hybridized carbons (Fsp3) is 0.0526. The molecule has 0 heterocycles. The zero-order valence-electron chi connectivity index (χ0n) is 14.2. The van der Waals surface area contributed by atoms with Crippen molar-refractivity contribution >= 4 is 57.0 Å². The quantitative estimate of drug-likeness (QED) is 0.374. The molecular weight excluding hydrogens is 386 g/mol. The van der Waals surface area contributed by atoms with Crippen molar-refractivity contribution in [3.63, 3.8) is 0 Å². The van der Waals surface area contributed by atoms with Crippen LogP contribution in [-0.2, 0) is 0 Å². The highest BCUT2D eigenvalue weighted by Gasteiger charge is 2.16. The second-order valence-corrected chi connectivity index (χ2v) is 6.66. The predicted octanol–water partition coefficient (Wildman–Crippen LogP) is 4.84. The van der Waals surface area contributed by atoms with Gasteiger partial charge in [-0.1, -0.05) is 41.9 Å². The van der Waals surface area contributed by atoms with Gasteiger partial charge in [0, 0.05) is 17.3 Å². The molecule has 2 N–H and O–H groups in total. The number of nitrogens with zero attached hydrogens (tertiary/aromatic N) is 1. The minimum Gasteiger partial charge on any atom is -0.332 e. The molecule has 3 aromatic carbocycles. The molecule has 0 aliphatic rings. The van der Waals surface area contributed by atoms with E-state index in [-0.39, 0.29) is 21.7 Å². The first kappa shape index (κ1) is 18.8. The standard InChI is InChI=1S/C19H14ClN3O3S/c1-11-8-17(23(25)26)15(20)10-16(11)21-19(27)22-18(24)14-7-6-12-4-2-3-5-13(12)9-14/h2-10H,1H3,(H2,21,22,24,27). The smallest absolute Gasteiger partial charge is 0.288 e. The molecule has 1 amide bonds. The van der Waals surface area contributed by atoms with Gasteiger partial charge in [-0.2, -0.15) is 0 Å². The molecular formula is C19H14ClN3O3S. The number of anilines is 1. The summed E-state index contributed by atoms with van der Waals surface area (Å²) in [4.78, 5) is 22.8. The highest BCUT2D eigenvalue weighted by molar-refractivity contribution is 7.80. The number of amides is 1. The molecule has 0 fully saturated rings. The molecule has 0 saturated heterocycles. The van der Waals surface area contributed by atoms with E-state index >= 15 is 0 Å². The van der Waals surface area contributed by atoms with Crippen molar-refractivity contribution in [1.82, 2.24) is 5.32 Å². The summed E-state index contributed by atoms with van der Waals surface area (Å²) >= 11 is 11.1. The number of rotatable bonds is 3. The van der Waals surface area contributed by atoms with Crippen LogP contribution in [-0.4, -0.2) is 15.9 Å². The number of nitro groups is 1. The van der Waals surface area contributed by atoms with E-state index in [4.69, 9.17) is 23.8 Å². The van der Waals surface area contributed by atoms with Crippen LogP contribution in [0.1, 0.15) is 15.9 Å². The van der Waals surface area contributed by atoms with E-state index < -0.39 is 4.92 Å². The molecule has 0 atom stereocenters. The van der Waals surface area contributed by atoms with Crippen LogP contribution in [0, 0.1) is 17.0 Å². The number of fused-ring (bicyclic) bond motifs is 1. The number of carbonyl (C=O) groups is 1. The van der Waals surface area contributed by atoms with Gasteiger partial charge in [-0.25, -0.2) is 0 Å². The summed E-state index contributed by atoms with van der Waals surface area (Å²) in [5, 5.41) is 18.4. The zero-order chi connectivity index (χ0) is 19.6. The maximum Gasteiger partial charge on any atom is 0.288 e. The highest BCUT2D eigenvalue weighted by atomic mass is 35.5. The van der Waals surface area contributed by atoms with Crippen LogP contribution < -0.4 is 10.6 Å². The summed E-state index contributed by atoms with van der Waals surface area (Å²) < 4.78 is 0. The Morgan fingerprint density at radius 2 is 1.81 bits per heavy atom. The van der Waals surface area contributed by atoms with Crippen molar-refractivity contribution in [1.29, 1.82) is 0 Å². The third-order valence-electron chi connectivity index (χ3n) is 3.98. The van der Waals surface area contributed by atoms with Gasteiger partial charge in [-0.3, -0.25) is 20.2 Å². The number of hydrogen-bond acceptors (Lipinski definition) is 4. The lowest BCUT2D eigenvalue weighted by Crippen LogP contribution is -2.34. The monoisotopic (exact) mass is 399 g/mol. The lowest BCUT2D eigenvalue weighted by atomic mass is 10.1. The first-order valence-corrected chi connectivity index (χ1v) is 8.69. The molecule has 3 rings (SSSR count). The maximum atomic E-state index is 12.4. The second kappa shape index (κ2) is 7.69. The minimum atomic E-state index is -0.557. The first-order valence-electron chi connectivity index (χ1n) is 7.91. The van der Waals surface area contributed by atoms with Crippen molar-refractivity contribution in [2.45, 2.75) is 6.92 Å². The van der Waals surface area contributed by atoms with Crippen LogP contribution in [0.15, 0.2) is 54.6 Å². The zero-order valence-corrected chi connectivity index (χ0v) is 15.7. The fourth-order valence-electron chi connectivity index (χ4n) is 2.60. The Kier molecular flexibility index (Phi) is 5.34. The molecule has 27 heavy (non-hydrogen) atoms. The number of nitro benzene ring substituents is 1. The summed E-state index contributed by atoms with van der Waals surface area (Å²) in [6, 6.07) is 15.8. The topological polar surface area (TPSA) is 84.3 Å². The third kappa shape index (κ3) is 4.21. The molecule has 0 unspecified atom stereocenters. The molecule has 0 aromatic heterocycles. The van der Waals surface area contributed by atoms with Gasteiger partial charge in [-0.15, -0.1) is 0 Å². The van der Waals surface area contributed by atoms with Gasteiger partial charge < -0.3 is 5.32 Å². The van der Waals surface area contributed by atoms with E-state index in [0.29, 0.717) is 16.8 Å². The van der Waals surface area contributed by atoms with E-state index in [1.807, 2.05) is 30.3 Å². The van der Waals surface area contributed by atoms with Crippen LogP contribution in [0.2, 0.25) is 5.02 Å². The lowest BCUT2D eigenvalue weighted by molar-refractivity contribution is -0.384. The molecule has 0 aliphatic carbocycles. The summed E-state index contributed by atoms with van der Waals surface area (Å²) in [5.41, 5.74) is 1.34. The molecule has 136 valence electrons. The Balaban J connectivity index is 1.74. The van der Waals surface area contributed by atoms with Gasteiger partial charge in [0.15, 0.2) is 5.11 Å². The average Bonchev–Trinajstić information content (AvgIpc) is 2.63. The SMILES string of the molecule is Cc1cc([N+](=O)[O-])c(Cl)cc1NC(=S)NC(=O)c1ccc2ccccc2c1. The van der Waals surface area contributed by atoms with Gasteiger partial charge in [-0.05, 0) is 53.7 Å². The van der Waals surface area contributed by atoms with E-state index in [9.17, 15) is 14.9 Å². The molecule has 0 aliphatic heterocycles. The summed E-state index contributed by atoms with van der Waals surface area (Å²) in [6.45, 7) is 1.68. The number of carbonyl (C=O) groups excluding carboxylic acids is 1. The Bertz CT molecular complexity index is 1080. The molecule has 6 nitrogen and oxygen atoms in total. The number of nitrogens with one attached hydrogen (secondary N) is 2. The third-order valence-corrected chi connectivity index (χ3v) is 4.48. The van der Waals surface area contributed by atoms with Gasteiger partial charge >= 0.3 is 0 Å². The molecule has 0 radical (unpaired) electrons. The molecule has 0 spiro atoms. The van der Waals surface area contributed by atoms with Crippen molar-refractivity contribution in [2.75, 3.05) is 5.32 Å². The Morgan fingerprint density at radius 1 is 1.11 bits per heavy atom. The van der Waals surface area contributed by atoms with Crippen LogP contribution in [0.4, 0.5) is 11.4 Å². The van der Waals surface area contributed by atoms with Crippen LogP contribution in [0.5, 0.6) is 0 Å². The van der Waals surface area contributed by atoms with E-state index in [1.165, 1.54) is 12.1 Å². The number of hydrogen-bond donors (Lipinski definition) is 2. The average molecular weight is 400 g/mol. The van der Waals surface area contributed by atoms with Crippen LogP contribution >= 0.6 is 23.8 Å². The molecule has 3 aromatic rings. The summed E-state index contributed by atoms with van der Waals surface area (Å²) in [6.07, 6.45) is 0. The number of halogens is 1. The molecule has 8 heteroatoms. The van der Waals surface area contributed by atoms with E-state index in [2.05, 4.69) is 10.6 Å². The largest absolute Gasteiger partial charge is 0.332 e.